The summed E-state index contributed by atoms with van der Waals surface area (Å²) in [6.45, 7) is 2.12. The number of hydrogen-bond acceptors (Lipinski definition) is 4. The van der Waals surface area contributed by atoms with Crippen molar-refractivity contribution in [3.8, 4) is 11.4 Å². The number of nitrogen functional groups attached to an aromatic ring is 1. The first-order chi connectivity index (χ1) is 9.10. The molecule has 0 radical (unpaired) electrons. The molecule has 1 heterocycles. The average molecular weight is 261 g/mol. The molecule has 1 aromatic carbocycles. The van der Waals surface area contributed by atoms with Gasteiger partial charge in [-0.1, -0.05) is 12.8 Å². The van der Waals surface area contributed by atoms with Crippen LogP contribution in [0.15, 0.2) is 18.2 Å². The summed E-state index contributed by atoms with van der Waals surface area (Å²) in [5, 5.41) is 11.8. The molecule has 6 heteroatoms. The molecule has 100 valence electrons. The summed E-state index contributed by atoms with van der Waals surface area (Å²) in [5.74, 6) is 0.0829. The van der Waals surface area contributed by atoms with Gasteiger partial charge in [-0.3, -0.25) is 0 Å². The fourth-order valence-corrected chi connectivity index (χ4v) is 2.78. The van der Waals surface area contributed by atoms with Crippen LogP contribution in [0.5, 0.6) is 0 Å². The van der Waals surface area contributed by atoms with Gasteiger partial charge in [0.1, 0.15) is 5.82 Å². The Hall–Kier alpha value is -1.98. The predicted octanol–water partition coefficient (Wildman–Crippen LogP) is 2.35. The highest BCUT2D eigenvalue weighted by Crippen LogP contribution is 2.38. The highest BCUT2D eigenvalue weighted by molar-refractivity contribution is 5.59. The highest BCUT2D eigenvalue weighted by atomic mass is 19.1. The van der Waals surface area contributed by atoms with Crippen molar-refractivity contribution in [1.82, 2.24) is 20.2 Å². The quantitative estimate of drug-likeness (QED) is 0.842. The van der Waals surface area contributed by atoms with E-state index in [0.717, 1.165) is 25.7 Å². The Kier molecular flexibility index (Phi) is 2.73. The maximum atomic E-state index is 14.0. The number of halogens is 1. The number of benzene rings is 1. The lowest BCUT2D eigenvalue weighted by Crippen LogP contribution is -2.28. The fraction of sp³-hybridized carbons (Fsp3) is 0.462. The van der Waals surface area contributed by atoms with Crippen LogP contribution in [-0.2, 0) is 5.54 Å². The molecule has 2 aromatic rings. The maximum absolute atomic E-state index is 14.0. The van der Waals surface area contributed by atoms with Crippen LogP contribution in [-0.4, -0.2) is 20.2 Å². The van der Waals surface area contributed by atoms with Crippen molar-refractivity contribution < 1.29 is 4.39 Å². The number of tetrazole rings is 1. The summed E-state index contributed by atoms with van der Waals surface area (Å²) < 4.78 is 15.8. The van der Waals surface area contributed by atoms with Gasteiger partial charge in [-0.2, -0.15) is 0 Å². The van der Waals surface area contributed by atoms with E-state index in [0.29, 0.717) is 17.1 Å². The minimum atomic E-state index is -0.391. The molecular weight excluding hydrogens is 245 g/mol. The van der Waals surface area contributed by atoms with Crippen molar-refractivity contribution in [2.75, 3.05) is 5.73 Å². The Morgan fingerprint density at radius 1 is 1.32 bits per heavy atom. The van der Waals surface area contributed by atoms with Crippen LogP contribution in [0.25, 0.3) is 11.4 Å². The van der Waals surface area contributed by atoms with E-state index in [1.807, 2.05) is 0 Å². The number of anilines is 1. The first-order valence-electron chi connectivity index (χ1n) is 6.44. The van der Waals surface area contributed by atoms with Crippen LogP contribution in [0, 0.1) is 5.82 Å². The van der Waals surface area contributed by atoms with Crippen LogP contribution < -0.4 is 5.73 Å². The number of rotatable bonds is 2. The fourth-order valence-electron chi connectivity index (χ4n) is 2.78. The Morgan fingerprint density at radius 2 is 2.05 bits per heavy atom. The Balaban J connectivity index is 2.09. The van der Waals surface area contributed by atoms with E-state index in [9.17, 15) is 4.39 Å². The van der Waals surface area contributed by atoms with Gasteiger partial charge >= 0.3 is 0 Å². The maximum Gasteiger partial charge on any atom is 0.185 e. The summed E-state index contributed by atoms with van der Waals surface area (Å²) in [4.78, 5) is 0. The Bertz CT molecular complexity index is 601. The van der Waals surface area contributed by atoms with Gasteiger partial charge in [0, 0.05) is 5.69 Å². The van der Waals surface area contributed by atoms with Gasteiger partial charge in [-0.15, -0.1) is 5.10 Å². The van der Waals surface area contributed by atoms with Gasteiger partial charge < -0.3 is 5.73 Å². The molecule has 0 amide bonds. The van der Waals surface area contributed by atoms with E-state index in [2.05, 4.69) is 22.4 Å². The number of aromatic nitrogens is 4. The third-order valence-corrected chi connectivity index (χ3v) is 3.90. The summed E-state index contributed by atoms with van der Waals surface area (Å²) in [6, 6.07) is 4.59. The molecule has 1 aromatic heterocycles. The normalized spacial score (nSPS) is 17.8. The number of hydrogen-bond donors (Lipinski definition) is 1. The minimum absolute atomic E-state index is 0.118. The highest BCUT2D eigenvalue weighted by Gasteiger charge is 2.34. The van der Waals surface area contributed by atoms with Crippen LogP contribution in [0.1, 0.15) is 32.6 Å². The van der Waals surface area contributed by atoms with E-state index >= 15 is 0 Å². The van der Waals surface area contributed by atoms with E-state index in [-0.39, 0.29) is 5.54 Å². The first-order valence-corrected chi connectivity index (χ1v) is 6.44. The molecule has 0 aliphatic heterocycles. The summed E-state index contributed by atoms with van der Waals surface area (Å²) in [7, 11) is 0. The molecule has 1 saturated carbocycles. The lowest BCUT2D eigenvalue weighted by atomic mass is 10.0. The first kappa shape index (κ1) is 12.1. The molecule has 0 atom stereocenters. The lowest BCUT2D eigenvalue weighted by Gasteiger charge is -2.24. The number of nitrogens with two attached hydrogens (primary N) is 1. The molecule has 19 heavy (non-hydrogen) atoms. The summed E-state index contributed by atoms with van der Waals surface area (Å²) in [6.07, 6.45) is 4.34. The van der Waals surface area contributed by atoms with Crippen molar-refractivity contribution in [3.63, 3.8) is 0 Å². The molecule has 1 aliphatic carbocycles. The van der Waals surface area contributed by atoms with E-state index in [1.54, 1.807) is 16.8 Å². The largest absolute Gasteiger partial charge is 0.399 e. The third-order valence-electron chi connectivity index (χ3n) is 3.90. The SMILES string of the molecule is CC1(n2nnnc2-c2ccc(N)cc2F)CCCC1. The molecule has 1 aliphatic rings. The van der Waals surface area contributed by atoms with Crippen LogP contribution in [0.2, 0.25) is 0 Å². The smallest absolute Gasteiger partial charge is 0.185 e. The van der Waals surface area contributed by atoms with Gasteiger partial charge in [0.15, 0.2) is 5.82 Å². The van der Waals surface area contributed by atoms with E-state index in [4.69, 9.17) is 5.73 Å². The second-order valence-corrected chi connectivity index (χ2v) is 5.36. The van der Waals surface area contributed by atoms with Crippen molar-refractivity contribution in [1.29, 1.82) is 0 Å². The predicted molar refractivity (Wildman–Crippen MR) is 69.7 cm³/mol. The van der Waals surface area contributed by atoms with Crippen LogP contribution in [0.3, 0.4) is 0 Å². The molecule has 1 fully saturated rings. The second kappa shape index (κ2) is 4.29. The van der Waals surface area contributed by atoms with Crippen molar-refractivity contribution >= 4 is 5.69 Å². The number of nitrogens with zero attached hydrogens (tertiary/aromatic N) is 4. The van der Waals surface area contributed by atoms with Crippen LogP contribution in [0.4, 0.5) is 10.1 Å². The summed E-state index contributed by atoms with van der Waals surface area (Å²) in [5.41, 5.74) is 6.24. The molecule has 3 rings (SSSR count). The van der Waals surface area contributed by atoms with Gasteiger partial charge in [0.05, 0.1) is 11.1 Å². The van der Waals surface area contributed by atoms with Gasteiger partial charge in [-0.05, 0) is 48.4 Å². The zero-order valence-corrected chi connectivity index (χ0v) is 10.8. The second-order valence-electron chi connectivity index (χ2n) is 5.36. The van der Waals surface area contributed by atoms with E-state index < -0.39 is 5.82 Å². The molecule has 2 N–H and O–H groups in total. The Morgan fingerprint density at radius 3 is 2.74 bits per heavy atom. The average Bonchev–Trinajstić information content (AvgIpc) is 2.98. The van der Waals surface area contributed by atoms with Crippen LogP contribution >= 0.6 is 0 Å². The molecule has 0 unspecified atom stereocenters. The van der Waals surface area contributed by atoms with Gasteiger partial charge in [0.25, 0.3) is 0 Å². The monoisotopic (exact) mass is 261 g/mol. The third kappa shape index (κ3) is 1.97. The minimum Gasteiger partial charge on any atom is -0.399 e. The molecule has 0 saturated heterocycles. The standard InChI is InChI=1S/C13H16FN5/c1-13(6-2-3-7-13)19-12(16-17-18-19)10-5-4-9(15)8-11(10)14/h4-5,8H,2-3,6-7,15H2,1H3. The van der Waals surface area contributed by atoms with E-state index in [1.165, 1.54) is 6.07 Å². The zero-order valence-electron chi connectivity index (χ0n) is 10.8. The van der Waals surface area contributed by atoms with Crippen molar-refractivity contribution in [2.45, 2.75) is 38.1 Å². The van der Waals surface area contributed by atoms with Gasteiger partial charge in [0.2, 0.25) is 0 Å². The topological polar surface area (TPSA) is 69.6 Å². The molecular formula is C13H16FN5. The molecule has 5 nitrogen and oxygen atoms in total. The molecule has 0 spiro atoms. The zero-order chi connectivity index (χ0) is 13.5. The summed E-state index contributed by atoms with van der Waals surface area (Å²) >= 11 is 0. The lowest BCUT2D eigenvalue weighted by molar-refractivity contribution is 0.292. The van der Waals surface area contributed by atoms with Crippen molar-refractivity contribution in [3.05, 3.63) is 24.0 Å². The Labute approximate surface area is 110 Å². The molecule has 0 bridgehead atoms. The van der Waals surface area contributed by atoms with Crippen molar-refractivity contribution in [2.24, 2.45) is 0 Å². The van der Waals surface area contributed by atoms with Gasteiger partial charge in [-0.25, -0.2) is 9.07 Å².